The van der Waals surface area contributed by atoms with E-state index in [4.69, 9.17) is 10.00 Å². The van der Waals surface area contributed by atoms with Gasteiger partial charge in [-0.05, 0) is 37.1 Å². The lowest BCUT2D eigenvalue weighted by Crippen LogP contribution is -2.30. The molecule has 0 radical (unpaired) electrons. The number of aliphatic hydroxyl groups is 1. The van der Waals surface area contributed by atoms with Crippen LogP contribution in [0.1, 0.15) is 18.4 Å². The Hall–Kier alpha value is -2.85. The summed E-state index contributed by atoms with van der Waals surface area (Å²) in [6.45, 7) is 0. The van der Waals surface area contributed by atoms with Crippen LogP contribution in [0.5, 0.6) is 11.5 Å². The Morgan fingerprint density at radius 2 is 2.00 bits per heavy atom. The third-order valence-electron chi connectivity index (χ3n) is 4.71. The predicted molar refractivity (Wildman–Crippen MR) is 92.2 cm³/mol. The summed E-state index contributed by atoms with van der Waals surface area (Å²) in [5, 5.41) is 20.3. The third-order valence-corrected chi connectivity index (χ3v) is 5.85. The maximum atomic E-state index is 13.6. The molecule has 2 aromatic rings. The molecule has 7 heteroatoms. The van der Waals surface area contributed by atoms with E-state index in [1.165, 1.54) is 18.2 Å². The van der Waals surface area contributed by atoms with E-state index in [1.54, 1.807) is 0 Å². The fourth-order valence-corrected chi connectivity index (χ4v) is 4.18. The minimum atomic E-state index is -3.55. The summed E-state index contributed by atoms with van der Waals surface area (Å²) in [5.41, 5.74) is -0.414. The normalized spacial score (nSPS) is 16.7. The Kier molecular flexibility index (Phi) is 3.40. The zero-order chi connectivity index (χ0) is 18.7. The van der Waals surface area contributed by atoms with Gasteiger partial charge in [0.1, 0.15) is 23.1 Å². The predicted octanol–water partition coefficient (Wildman–Crippen LogP) is 2.13. The van der Waals surface area contributed by atoms with Gasteiger partial charge in [0.2, 0.25) is 0 Å². The van der Waals surface area contributed by atoms with Crippen LogP contribution in [0.15, 0.2) is 35.2 Å². The molecule has 0 amide bonds. The van der Waals surface area contributed by atoms with Gasteiger partial charge in [0.25, 0.3) is 0 Å². The van der Waals surface area contributed by atoms with Crippen molar-refractivity contribution in [2.45, 2.75) is 17.7 Å². The van der Waals surface area contributed by atoms with Crippen LogP contribution in [0.25, 0.3) is 11.8 Å². The number of hydrogen-bond acceptors (Lipinski definition) is 5. The van der Waals surface area contributed by atoms with E-state index in [-0.39, 0.29) is 27.2 Å². The van der Waals surface area contributed by atoms with Crippen LogP contribution in [0.2, 0.25) is 0 Å². The second kappa shape index (κ2) is 5.32. The van der Waals surface area contributed by atoms with Crippen LogP contribution in [0.4, 0.5) is 4.39 Å². The molecule has 0 aromatic heterocycles. The quantitative estimate of drug-likeness (QED) is 0.893. The van der Waals surface area contributed by atoms with Crippen LogP contribution in [0, 0.1) is 22.6 Å². The smallest absolute Gasteiger partial charge is 0.176 e. The van der Waals surface area contributed by atoms with Gasteiger partial charge in [-0.3, -0.25) is 0 Å². The highest BCUT2D eigenvalue weighted by Crippen LogP contribution is 2.54. The molecule has 0 saturated heterocycles. The van der Waals surface area contributed by atoms with Crippen molar-refractivity contribution in [3.8, 4) is 17.6 Å². The molecule has 5 nitrogen and oxygen atoms in total. The molecule has 0 aliphatic heterocycles. The number of hydrogen-bond donors (Lipinski definition) is 1. The van der Waals surface area contributed by atoms with Gasteiger partial charge in [-0.2, -0.15) is 5.26 Å². The Labute approximate surface area is 149 Å². The van der Waals surface area contributed by atoms with Crippen molar-refractivity contribution >= 4 is 21.7 Å². The number of fused-ring (bicyclic) bond motifs is 1. The minimum Gasteiger partial charge on any atom is -0.511 e. The molecular weight excluding hydrogens is 357 g/mol. The van der Waals surface area contributed by atoms with E-state index in [1.807, 2.05) is 12.1 Å². The summed E-state index contributed by atoms with van der Waals surface area (Å²) in [5.74, 6) is -0.145. The summed E-state index contributed by atoms with van der Waals surface area (Å²) < 4.78 is 43.6. The number of ether oxygens (including phenoxy) is 1. The molecule has 2 aliphatic carbocycles. The second-order valence-corrected chi connectivity index (χ2v) is 8.65. The van der Waals surface area contributed by atoms with Crippen LogP contribution < -0.4 is 15.2 Å². The molecule has 1 saturated carbocycles. The number of nitriles is 1. The van der Waals surface area contributed by atoms with Gasteiger partial charge in [0.15, 0.2) is 9.84 Å². The van der Waals surface area contributed by atoms with E-state index in [9.17, 15) is 17.9 Å². The molecule has 26 heavy (non-hydrogen) atoms. The number of rotatable bonds is 3. The monoisotopic (exact) mass is 371 g/mol. The molecule has 1 spiro atoms. The molecule has 0 heterocycles. The van der Waals surface area contributed by atoms with Gasteiger partial charge in [0.05, 0.1) is 16.5 Å². The lowest BCUT2D eigenvalue weighted by Gasteiger charge is -2.09. The Morgan fingerprint density at radius 3 is 2.62 bits per heavy atom. The number of sulfone groups is 1. The lowest BCUT2D eigenvalue weighted by atomic mass is 10.1. The van der Waals surface area contributed by atoms with E-state index >= 15 is 0 Å². The average molecular weight is 371 g/mol. The maximum Gasteiger partial charge on any atom is 0.176 e. The first kappa shape index (κ1) is 16.6. The molecule has 4 rings (SSSR count). The van der Waals surface area contributed by atoms with Gasteiger partial charge >= 0.3 is 0 Å². The van der Waals surface area contributed by atoms with E-state index in [0.717, 1.165) is 31.2 Å². The fraction of sp³-hybridized carbons (Fsp3) is 0.211. The Morgan fingerprint density at radius 1 is 1.27 bits per heavy atom. The molecule has 0 atom stereocenters. The number of benzene rings is 2. The summed E-state index contributed by atoms with van der Waals surface area (Å²) in [6, 6.07) is 8.34. The molecule has 2 aromatic carbocycles. The van der Waals surface area contributed by atoms with Crippen LogP contribution in [0.3, 0.4) is 0 Å². The van der Waals surface area contributed by atoms with Gasteiger partial charge in [0, 0.05) is 28.2 Å². The lowest BCUT2D eigenvalue weighted by molar-refractivity contribution is 0.452. The Bertz CT molecular complexity index is 1220. The van der Waals surface area contributed by atoms with Crippen molar-refractivity contribution in [2.24, 2.45) is 5.41 Å². The summed E-state index contributed by atoms with van der Waals surface area (Å²) in [4.78, 5) is 0.0364. The largest absolute Gasteiger partial charge is 0.511 e. The van der Waals surface area contributed by atoms with Crippen molar-refractivity contribution in [1.29, 1.82) is 5.26 Å². The zero-order valence-electron chi connectivity index (χ0n) is 13.8. The van der Waals surface area contributed by atoms with Gasteiger partial charge in [-0.15, -0.1) is 0 Å². The van der Waals surface area contributed by atoms with Crippen LogP contribution in [-0.2, 0) is 9.84 Å². The van der Waals surface area contributed by atoms with E-state index in [2.05, 4.69) is 0 Å². The van der Waals surface area contributed by atoms with Crippen molar-refractivity contribution in [3.05, 3.63) is 52.1 Å². The number of halogens is 1. The molecule has 0 unspecified atom stereocenters. The molecule has 132 valence electrons. The SMILES string of the molecule is CS(=O)(=O)c1ccc(Oc2cc(F)cc(C#N)c2)c2c1=C(O)C1(C=2)CC1. The molecule has 0 bridgehead atoms. The van der Waals surface area contributed by atoms with Crippen LogP contribution >= 0.6 is 0 Å². The average Bonchev–Trinajstić information content (AvgIpc) is 3.28. The van der Waals surface area contributed by atoms with Crippen molar-refractivity contribution in [1.82, 2.24) is 0 Å². The maximum absolute atomic E-state index is 13.6. The highest BCUT2D eigenvalue weighted by Gasteiger charge is 2.48. The first-order valence-corrected chi connectivity index (χ1v) is 9.81. The Balaban J connectivity index is 1.93. The molecular formula is C19H14FNO4S. The molecule has 2 aliphatic rings. The number of aliphatic hydroxyl groups excluding tert-OH is 1. The first-order valence-electron chi connectivity index (χ1n) is 7.92. The van der Waals surface area contributed by atoms with Crippen molar-refractivity contribution in [2.75, 3.05) is 6.26 Å². The van der Waals surface area contributed by atoms with Gasteiger partial charge < -0.3 is 9.84 Å². The first-order chi connectivity index (χ1) is 12.2. The summed E-state index contributed by atoms with van der Waals surface area (Å²) in [7, 11) is -3.55. The van der Waals surface area contributed by atoms with E-state index < -0.39 is 21.1 Å². The van der Waals surface area contributed by atoms with Crippen LogP contribution in [-0.4, -0.2) is 19.8 Å². The topological polar surface area (TPSA) is 87.4 Å². The number of nitrogens with zero attached hydrogens (tertiary/aromatic N) is 1. The van der Waals surface area contributed by atoms with E-state index in [0.29, 0.717) is 11.0 Å². The van der Waals surface area contributed by atoms with Gasteiger partial charge in [-0.25, -0.2) is 12.8 Å². The highest BCUT2D eigenvalue weighted by atomic mass is 32.2. The third kappa shape index (κ3) is 2.54. The summed E-state index contributed by atoms with van der Waals surface area (Å²) in [6.07, 6.45) is 4.36. The van der Waals surface area contributed by atoms with Crippen molar-refractivity contribution < 1.29 is 22.7 Å². The second-order valence-electron chi connectivity index (χ2n) is 6.66. The molecule has 1 N–H and O–H groups in total. The standard InChI is InChI=1S/C19H14FNO4S/c1-26(23,24)16-3-2-15(14-9-19(4-5-19)18(22)17(14)16)25-13-7-11(10-21)6-12(20)8-13/h2-3,6-9,22H,4-5H2,1H3. The highest BCUT2D eigenvalue weighted by molar-refractivity contribution is 7.90. The zero-order valence-corrected chi connectivity index (χ0v) is 14.6. The summed E-state index contributed by atoms with van der Waals surface area (Å²) >= 11 is 0. The minimum absolute atomic E-state index is 0.0364. The molecule has 1 fully saturated rings. The van der Waals surface area contributed by atoms with Gasteiger partial charge in [-0.1, -0.05) is 6.08 Å². The fourth-order valence-electron chi connectivity index (χ4n) is 3.29. The van der Waals surface area contributed by atoms with Crippen molar-refractivity contribution in [3.63, 3.8) is 0 Å².